The number of aromatic nitrogens is 2. The highest BCUT2D eigenvalue weighted by atomic mass is 16.7. The third kappa shape index (κ3) is 3.28. The van der Waals surface area contributed by atoms with Gasteiger partial charge in [-0.1, -0.05) is 18.2 Å². The van der Waals surface area contributed by atoms with Crippen LogP contribution >= 0.6 is 0 Å². The first-order valence-electron chi connectivity index (χ1n) is 10.3. The number of hydrogen-bond acceptors (Lipinski definition) is 6. The number of nitrogens with zero attached hydrogens (tertiary/aromatic N) is 4. The number of anilines is 2. The Bertz CT molecular complexity index is 931. The van der Waals surface area contributed by atoms with Gasteiger partial charge < -0.3 is 19.3 Å². The molecule has 0 N–H and O–H groups in total. The Morgan fingerprint density at radius 1 is 1.14 bits per heavy atom. The number of aryl methyl sites for hydroxylation is 1. The summed E-state index contributed by atoms with van der Waals surface area (Å²) < 4.78 is 11.5. The summed E-state index contributed by atoms with van der Waals surface area (Å²) in [7, 11) is 0. The molecule has 1 aromatic carbocycles. The molecule has 2 aromatic rings. The number of ether oxygens (including phenoxy) is 2. The molecule has 1 atom stereocenters. The summed E-state index contributed by atoms with van der Waals surface area (Å²) in [4.78, 5) is 26.4. The minimum absolute atomic E-state index is 0.0512. The van der Waals surface area contributed by atoms with Crippen molar-refractivity contribution in [3.63, 3.8) is 0 Å². The lowest BCUT2D eigenvalue weighted by Crippen LogP contribution is -2.47. The molecular formula is C22H26N4O3. The number of para-hydroxylation sites is 1. The number of hydrogen-bond donors (Lipinski definition) is 0. The van der Waals surface area contributed by atoms with Crippen molar-refractivity contribution in [3.05, 3.63) is 47.4 Å². The van der Waals surface area contributed by atoms with E-state index >= 15 is 0 Å². The van der Waals surface area contributed by atoms with Gasteiger partial charge in [0.25, 0.3) is 5.91 Å². The Balaban J connectivity index is 1.39. The minimum atomic E-state index is -0.488. The third-order valence-electron chi connectivity index (χ3n) is 6.12. The fourth-order valence-corrected chi connectivity index (χ4v) is 4.70. The Morgan fingerprint density at radius 2 is 1.86 bits per heavy atom. The van der Waals surface area contributed by atoms with E-state index in [-0.39, 0.29) is 11.9 Å². The molecule has 4 heterocycles. The first-order valence-corrected chi connectivity index (χ1v) is 10.3. The fourth-order valence-electron chi connectivity index (χ4n) is 4.70. The van der Waals surface area contributed by atoms with Crippen molar-refractivity contribution in [1.29, 1.82) is 0 Å². The van der Waals surface area contributed by atoms with E-state index in [0.717, 1.165) is 17.9 Å². The molecule has 2 fully saturated rings. The van der Waals surface area contributed by atoms with E-state index < -0.39 is 5.79 Å². The minimum Gasteiger partial charge on any atom is -0.347 e. The molecule has 1 amide bonds. The number of rotatable bonds is 2. The van der Waals surface area contributed by atoms with Gasteiger partial charge in [0.15, 0.2) is 5.79 Å². The number of likely N-dealkylation sites (tertiary alicyclic amines) is 1. The summed E-state index contributed by atoms with van der Waals surface area (Å²) in [6.07, 6.45) is 2.37. The van der Waals surface area contributed by atoms with Gasteiger partial charge in [0.1, 0.15) is 17.3 Å². The number of carbonyl (C=O) groups excluding carboxylic acids is 1. The second-order valence-electron chi connectivity index (χ2n) is 8.11. The van der Waals surface area contributed by atoms with Crippen LogP contribution in [0.25, 0.3) is 0 Å². The monoisotopic (exact) mass is 394 g/mol. The Kier molecular flexibility index (Phi) is 4.52. The number of fused-ring (bicyclic) bond motifs is 1. The summed E-state index contributed by atoms with van der Waals surface area (Å²) in [5.74, 6) is 0.857. The molecule has 0 saturated carbocycles. The van der Waals surface area contributed by atoms with Gasteiger partial charge in [0.2, 0.25) is 0 Å². The Morgan fingerprint density at radius 3 is 2.62 bits per heavy atom. The predicted molar refractivity (Wildman–Crippen MR) is 108 cm³/mol. The molecule has 7 heteroatoms. The second kappa shape index (κ2) is 7.07. The van der Waals surface area contributed by atoms with E-state index in [1.165, 1.54) is 5.56 Å². The van der Waals surface area contributed by atoms with Gasteiger partial charge >= 0.3 is 0 Å². The van der Waals surface area contributed by atoms with Crippen molar-refractivity contribution in [2.24, 2.45) is 0 Å². The van der Waals surface area contributed by atoms with Crippen LogP contribution in [0.2, 0.25) is 0 Å². The summed E-state index contributed by atoms with van der Waals surface area (Å²) in [5.41, 5.74) is 2.92. The van der Waals surface area contributed by atoms with E-state index in [1.807, 2.05) is 24.0 Å². The summed E-state index contributed by atoms with van der Waals surface area (Å²) >= 11 is 0. The van der Waals surface area contributed by atoms with Crippen molar-refractivity contribution < 1.29 is 14.3 Å². The van der Waals surface area contributed by atoms with Crippen LogP contribution in [0.5, 0.6) is 0 Å². The molecule has 2 saturated heterocycles. The van der Waals surface area contributed by atoms with E-state index in [9.17, 15) is 4.79 Å². The van der Waals surface area contributed by atoms with Gasteiger partial charge in [-0.3, -0.25) is 4.79 Å². The summed E-state index contributed by atoms with van der Waals surface area (Å²) in [6.45, 7) is 6.53. The lowest BCUT2D eigenvalue weighted by molar-refractivity contribution is -0.181. The molecular weight excluding hydrogens is 368 g/mol. The van der Waals surface area contributed by atoms with Crippen molar-refractivity contribution in [2.45, 2.75) is 44.9 Å². The highest BCUT2D eigenvalue weighted by Crippen LogP contribution is 2.37. The average molecular weight is 394 g/mol. The van der Waals surface area contributed by atoms with Gasteiger partial charge in [-0.15, -0.1) is 0 Å². The topological polar surface area (TPSA) is 67.8 Å². The van der Waals surface area contributed by atoms with Crippen LogP contribution in [0, 0.1) is 6.92 Å². The SMILES string of the molecule is Cc1nc(C(=O)N2CCC3(CC2)OCCO3)cc(N2c3ccccc3CC2C)n1. The van der Waals surface area contributed by atoms with Crippen LogP contribution in [0.1, 0.15) is 41.6 Å². The molecule has 5 rings (SSSR count). The highest BCUT2D eigenvalue weighted by molar-refractivity contribution is 5.93. The van der Waals surface area contributed by atoms with Crippen LogP contribution in [0.3, 0.4) is 0 Å². The standard InChI is InChI=1S/C22H26N4O3/c1-15-13-17-5-3-4-6-19(17)26(15)20-14-18(23-16(2)24-20)21(27)25-9-7-22(8-10-25)28-11-12-29-22/h3-6,14-15H,7-13H2,1-2H3. The van der Waals surface area contributed by atoms with E-state index in [1.54, 1.807) is 0 Å². The number of amides is 1. The average Bonchev–Trinajstić information content (AvgIpc) is 3.31. The van der Waals surface area contributed by atoms with Crippen molar-refractivity contribution in [2.75, 3.05) is 31.2 Å². The van der Waals surface area contributed by atoms with Crippen LogP contribution in [-0.2, 0) is 15.9 Å². The lowest BCUT2D eigenvalue weighted by Gasteiger charge is -2.37. The zero-order chi connectivity index (χ0) is 20.0. The first kappa shape index (κ1) is 18.5. The molecule has 29 heavy (non-hydrogen) atoms. The molecule has 152 valence electrons. The van der Waals surface area contributed by atoms with E-state index in [0.29, 0.717) is 50.7 Å². The Labute approximate surface area is 170 Å². The number of benzene rings is 1. The second-order valence-corrected chi connectivity index (χ2v) is 8.11. The van der Waals surface area contributed by atoms with Crippen LogP contribution < -0.4 is 4.90 Å². The number of carbonyl (C=O) groups is 1. The molecule has 0 radical (unpaired) electrons. The van der Waals surface area contributed by atoms with Crippen LogP contribution in [0.4, 0.5) is 11.5 Å². The summed E-state index contributed by atoms with van der Waals surface area (Å²) in [5, 5.41) is 0. The van der Waals surface area contributed by atoms with E-state index in [2.05, 4.69) is 40.0 Å². The quantitative estimate of drug-likeness (QED) is 0.780. The maximum absolute atomic E-state index is 13.2. The normalized spacial score (nSPS) is 22.9. The van der Waals surface area contributed by atoms with Gasteiger partial charge in [-0.05, 0) is 31.9 Å². The summed E-state index contributed by atoms with van der Waals surface area (Å²) in [6, 6.07) is 10.5. The first-order chi connectivity index (χ1) is 14.0. The van der Waals surface area contributed by atoms with Gasteiger partial charge in [0.05, 0.1) is 13.2 Å². The molecule has 1 spiro atoms. The van der Waals surface area contributed by atoms with Crippen molar-refractivity contribution >= 4 is 17.4 Å². The highest BCUT2D eigenvalue weighted by Gasteiger charge is 2.41. The van der Waals surface area contributed by atoms with Gasteiger partial charge in [-0.2, -0.15) is 0 Å². The van der Waals surface area contributed by atoms with Crippen molar-refractivity contribution in [3.8, 4) is 0 Å². The zero-order valence-corrected chi connectivity index (χ0v) is 16.9. The maximum atomic E-state index is 13.2. The van der Waals surface area contributed by atoms with E-state index in [4.69, 9.17) is 9.47 Å². The lowest BCUT2D eigenvalue weighted by atomic mass is 10.0. The molecule has 1 aromatic heterocycles. The van der Waals surface area contributed by atoms with Gasteiger partial charge in [0, 0.05) is 43.7 Å². The smallest absolute Gasteiger partial charge is 0.272 e. The largest absolute Gasteiger partial charge is 0.347 e. The predicted octanol–water partition coefficient (Wildman–Crippen LogP) is 2.85. The van der Waals surface area contributed by atoms with Gasteiger partial charge in [-0.25, -0.2) is 9.97 Å². The molecule has 7 nitrogen and oxygen atoms in total. The zero-order valence-electron chi connectivity index (χ0n) is 16.9. The fraction of sp³-hybridized carbons (Fsp3) is 0.500. The molecule has 0 aliphatic carbocycles. The van der Waals surface area contributed by atoms with Crippen LogP contribution in [0.15, 0.2) is 30.3 Å². The van der Waals surface area contributed by atoms with Crippen molar-refractivity contribution in [1.82, 2.24) is 14.9 Å². The molecule has 3 aliphatic rings. The number of piperidine rings is 1. The van der Waals surface area contributed by atoms with Crippen LogP contribution in [-0.4, -0.2) is 58.9 Å². The maximum Gasteiger partial charge on any atom is 0.272 e. The third-order valence-corrected chi connectivity index (χ3v) is 6.12. The molecule has 3 aliphatic heterocycles. The Hall–Kier alpha value is -2.51. The molecule has 1 unspecified atom stereocenters. The molecule has 0 bridgehead atoms.